The van der Waals surface area contributed by atoms with Gasteiger partial charge in [0.15, 0.2) is 0 Å². The Morgan fingerprint density at radius 1 is 1.03 bits per heavy atom. The molecular formula is C27H24BrN3O6S. The molecule has 9 nitrogen and oxygen atoms in total. The van der Waals surface area contributed by atoms with Crippen molar-refractivity contribution in [2.75, 3.05) is 11.9 Å². The molecule has 11 heteroatoms. The number of amides is 2. The van der Waals surface area contributed by atoms with Gasteiger partial charge < -0.3 is 14.8 Å². The molecular weight excluding hydrogens is 574 g/mol. The third kappa shape index (κ3) is 6.53. The summed E-state index contributed by atoms with van der Waals surface area (Å²) in [6.07, 6.45) is 4.73. The Morgan fingerprint density at radius 2 is 1.79 bits per heavy atom. The number of anilines is 1. The number of rotatable bonds is 7. The van der Waals surface area contributed by atoms with Gasteiger partial charge in [-0.15, -0.1) is 11.3 Å². The van der Waals surface area contributed by atoms with Crippen LogP contribution in [-0.4, -0.2) is 36.6 Å². The number of hydrogen-bond acceptors (Lipinski definition) is 8. The third-order valence-corrected chi connectivity index (χ3v) is 7.34. The fraction of sp³-hybridized carbons (Fsp3) is 0.222. The average molecular weight is 598 g/mol. The summed E-state index contributed by atoms with van der Waals surface area (Å²) < 4.78 is 11.3. The molecule has 2 aromatic carbocycles. The molecule has 3 aromatic rings. The number of halogens is 1. The first kappa shape index (κ1) is 27.2. The van der Waals surface area contributed by atoms with Gasteiger partial charge >= 0.3 is 23.8 Å². The number of thiophene rings is 1. The van der Waals surface area contributed by atoms with Crippen molar-refractivity contribution in [3.63, 3.8) is 0 Å². The highest BCUT2D eigenvalue weighted by Crippen LogP contribution is 2.38. The molecule has 0 atom stereocenters. The lowest BCUT2D eigenvalue weighted by atomic mass is 9.95. The molecule has 4 rings (SSSR count). The maximum atomic E-state index is 12.6. The normalized spacial score (nSPS) is 12.5. The highest BCUT2D eigenvalue weighted by Gasteiger charge is 2.28. The smallest absolute Gasteiger partial charge is 0.343 e. The molecule has 0 aliphatic heterocycles. The van der Waals surface area contributed by atoms with Crippen LogP contribution < -0.4 is 15.5 Å². The van der Waals surface area contributed by atoms with Crippen molar-refractivity contribution in [2.45, 2.75) is 32.6 Å². The van der Waals surface area contributed by atoms with Crippen molar-refractivity contribution in [2.24, 2.45) is 5.10 Å². The largest absolute Gasteiger partial charge is 0.462 e. The fourth-order valence-corrected chi connectivity index (χ4v) is 5.54. The van der Waals surface area contributed by atoms with Crippen LogP contribution in [0.1, 0.15) is 56.5 Å². The summed E-state index contributed by atoms with van der Waals surface area (Å²) in [6, 6.07) is 13.4. The second kappa shape index (κ2) is 12.6. The first-order valence-electron chi connectivity index (χ1n) is 11.9. The van der Waals surface area contributed by atoms with Crippen molar-refractivity contribution in [1.29, 1.82) is 0 Å². The first-order valence-corrected chi connectivity index (χ1v) is 13.5. The van der Waals surface area contributed by atoms with Gasteiger partial charge in [0.1, 0.15) is 10.8 Å². The van der Waals surface area contributed by atoms with Crippen LogP contribution in [0.2, 0.25) is 0 Å². The van der Waals surface area contributed by atoms with Gasteiger partial charge in [-0.1, -0.05) is 34.1 Å². The predicted molar refractivity (Wildman–Crippen MR) is 147 cm³/mol. The Bertz CT molecular complexity index is 1400. The van der Waals surface area contributed by atoms with E-state index in [1.807, 2.05) is 0 Å². The summed E-state index contributed by atoms with van der Waals surface area (Å²) >= 11 is 4.64. The minimum Gasteiger partial charge on any atom is -0.462 e. The van der Waals surface area contributed by atoms with Crippen LogP contribution >= 0.6 is 27.3 Å². The Hall–Kier alpha value is -3.83. The van der Waals surface area contributed by atoms with Gasteiger partial charge in [0.2, 0.25) is 0 Å². The van der Waals surface area contributed by atoms with Gasteiger partial charge in [-0.3, -0.25) is 9.59 Å². The van der Waals surface area contributed by atoms with E-state index in [2.05, 4.69) is 31.8 Å². The highest BCUT2D eigenvalue weighted by molar-refractivity contribution is 9.10. The molecule has 0 unspecified atom stereocenters. The summed E-state index contributed by atoms with van der Waals surface area (Å²) in [5.74, 6) is -2.86. The van der Waals surface area contributed by atoms with E-state index < -0.39 is 23.8 Å². The van der Waals surface area contributed by atoms with E-state index in [4.69, 9.17) is 9.47 Å². The Morgan fingerprint density at radius 3 is 2.55 bits per heavy atom. The van der Waals surface area contributed by atoms with Crippen LogP contribution in [0.5, 0.6) is 5.75 Å². The van der Waals surface area contributed by atoms with Gasteiger partial charge in [-0.25, -0.2) is 15.0 Å². The zero-order chi connectivity index (χ0) is 27.1. The van der Waals surface area contributed by atoms with Crippen LogP contribution in [0.4, 0.5) is 5.00 Å². The standard InChI is InChI=1S/C27H24BrN3O6S/c1-2-36-27(35)22-19-10-6-7-11-21(19)38-25(22)30-23(32)24(33)31-29-15-17-14-18(28)12-13-20(17)37-26(34)16-8-4-3-5-9-16/h3-5,8-9,12-15H,2,6-7,10-11H2,1H3,(H,30,32)(H,31,33). The SMILES string of the molecule is CCOC(=O)c1c(NC(=O)C(=O)NN=Cc2cc(Br)ccc2OC(=O)c2ccccc2)sc2c1CCCC2. The van der Waals surface area contributed by atoms with Crippen molar-refractivity contribution in [3.05, 3.63) is 80.1 Å². The summed E-state index contributed by atoms with van der Waals surface area (Å²) in [7, 11) is 0. The average Bonchev–Trinajstić information content (AvgIpc) is 3.28. The third-order valence-electron chi connectivity index (χ3n) is 5.64. The van der Waals surface area contributed by atoms with Crippen LogP contribution in [0.3, 0.4) is 0 Å². The zero-order valence-corrected chi connectivity index (χ0v) is 22.8. The minimum absolute atomic E-state index is 0.199. The Balaban J connectivity index is 1.44. The van der Waals surface area contributed by atoms with Crippen LogP contribution in [0, 0.1) is 0 Å². The maximum Gasteiger partial charge on any atom is 0.343 e. The van der Waals surface area contributed by atoms with E-state index in [9.17, 15) is 19.2 Å². The number of fused-ring (bicyclic) bond motifs is 1. The molecule has 0 saturated carbocycles. The molecule has 2 N–H and O–H groups in total. The van der Waals surface area contributed by atoms with Crippen LogP contribution in [0.25, 0.3) is 0 Å². The molecule has 1 aliphatic rings. The monoisotopic (exact) mass is 597 g/mol. The number of esters is 2. The van der Waals surface area contributed by atoms with Crippen molar-refractivity contribution in [1.82, 2.24) is 5.43 Å². The number of carbonyl (C=O) groups is 4. The fourth-order valence-electron chi connectivity index (χ4n) is 3.89. The Labute approximate surface area is 231 Å². The molecule has 0 fully saturated rings. The molecule has 1 aromatic heterocycles. The zero-order valence-electron chi connectivity index (χ0n) is 20.4. The number of hydrogen-bond donors (Lipinski definition) is 2. The molecule has 0 radical (unpaired) electrons. The lowest BCUT2D eigenvalue weighted by Crippen LogP contribution is -2.32. The second-order valence-electron chi connectivity index (χ2n) is 8.23. The lowest BCUT2D eigenvalue weighted by Gasteiger charge is -2.12. The summed E-state index contributed by atoms with van der Waals surface area (Å²) in [4.78, 5) is 51.1. The van der Waals surface area contributed by atoms with E-state index in [0.717, 1.165) is 36.1 Å². The molecule has 0 saturated heterocycles. The topological polar surface area (TPSA) is 123 Å². The van der Waals surface area contributed by atoms with E-state index >= 15 is 0 Å². The molecule has 2 amide bonds. The molecule has 0 bridgehead atoms. The van der Waals surface area contributed by atoms with Gasteiger partial charge in [0.25, 0.3) is 0 Å². The number of aryl methyl sites for hydroxylation is 1. The quantitative estimate of drug-likeness (QED) is 0.132. The van der Waals surface area contributed by atoms with Crippen molar-refractivity contribution < 1.29 is 28.7 Å². The molecule has 1 aliphatic carbocycles. The highest BCUT2D eigenvalue weighted by atomic mass is 79.9. The van der Waals surface area contributed by atoms with Gasteiger partial charge in [0.05, 0.1) is 23.9 Å². The number of carbonyl (C=O) groups excluding carboxylic acids is 4. The predicted octanol–water partition coefficient (Wildman–Crippen LogP) is 4.87. The maximum absolute atomic E-state index is 12.6. The van der Waals surface area contributed by atoms with Gasteiger partial charge in [-0.05, 0) is 68.5 Å². The lowest BCUT2D eigenvalue weighted by molar-refractivity contribution is -0.136. The number of nitrogens with one attached hydrogen (secondary N) is 2. The minimum atomic E-state index is -1.03. The molecule has 38 heavy (non-hydrogen) atoms. The Kier molecular flexibility index (Phi) is 9.03. The van der Waals surface area contributed by atoms with E-state index in [-0.39, 0.29) is 12.4 Å². The van der Waals surface area contributed by atoms with Crippen LogP contribution in [-0.2, 0) is 27.2 Å². The number of ether oxygens (including phenoxy) is 2. The number of hydrazone groups is 1. The van der Waals surface area contributed by atoms with E-state index in [1.165, 1.54) is 17.6 Å². The number of benzene rings is 2. The number of nitrogens with zero attached hydrogens (tertiary/aromatic N) is 1. The second-order valence-corrected chi connectivity index (χ2v) is 10.2. The summed E-state index contributed by atoms with van der Waals surface area (Å²) in [6.45, 7) is 1.91. The van der Waals surface area contributed by atoms with Gasteiger partial charge in [-0.2, -0.15) is 5.10 Å². The summed E-state index contributed by atoms with van der Waals surface area (Å²) in [5.41, 5.74) is 4.12. The molecule has 0 spiro atoms. The van der Waals surface area contributed by atoms with E-state index in [0.29, 0.717) is 26.2 Å². The van der Waals surface area contributed by atoms with Gasteiger partial charge in [0, 0.05) is 14.9 Å². The van der Waals surface area contributed by atoms with Crippen LogP contribution in [0.15, 0.2) is 58.1 Å². The molecule has 196 valence electrons. The van der Waals surface area contributed by atoms with Crippen molar-refractivity contribution in [3.8, 4) is 5.75 Å². The van der Waals surface area contributed by atoms with Crippen molar-refractivity contribution >= 4 is 62.2 Å². The van der Waals surface area contributed by atoms with E-state index in [1.54, 1.807) is 55.5 Å². The summed E-state index contributed by atoms with van der Waals surface area (Å²) in [5, 5.41) is 6.68. The molecule has 1 heterocycles. The first-order chi connectivity index (χ1) is 18.4.